The van der Waals surface area contributed by atoms with E-state index >= 15 is 0 Å². The minimum atomic E-state index is 0.362. The average molecular weight is 236 g/mol. The van der Waals surface area contributed by atoms with Crippen molar-refractivity contribution in [2.45, 2.75) is 19.0 Å². The molecule has 0 fully saturated rings. The fourth-order valence-electron chi connectivity index (χ4n) is 1.89. The molecule has 1 N–H and O–H groups in total. The summed E-state index contributed by atoms with van der Waals surface area (Å²) in [6, 6.07) is 11.3. The molecule has 1 aromatic carbocycles. The maximum Gasteiger partial charge on any atom is 0.0615 e. The van der Waals surface area contributed by atoms with E-state index in [0.29, 0.717) is 12.1 Å². The fraction of sp³-hybridized carbons (Fsp3) is 0.571. The molecule has 0 heterocycles. The Kier molecular flexibility index (Phi) is 6.19. The van der Waals surface area contributed by atoms with Gasteiger partial charge in [-0.05, 0) is 26.6 Å². The molecule has 96 valence electrons. The highest BCUT2D eigenvalue weighted by atomic mass is 16.5. The third kappa shape index (κ3) is 4.46. The van der Waals surface area contributed by atoms with Crippen LogP contribution in [0.1, 0.15) is 18.5 Å². The molecule has 3 nitrogen and oxygen atoms in total. The lowest BCUT2D eigenvalue weighted by molar-refractivity contribution is 0.110. The van der Waals surface area contributed by atoms with Gasteiger partial charge in [0.15, 0.2) is 0 Å². The van der Waals surface area contributed by atoms with E-state index in [1.54, 1.807) is 7.11 Å². The fourth-order valence-corrected chi connectivity index (χ4v) is 1.89. The Morgan fingerprint density at radius 1 is 1.29 bits per heavy atom. The zero-order chi connectivity index (χ0) is 12.7. The topological polar surface area (TPSA) is 24.5 Å². The molecular formula is C14H24N2O. The predicted molar refractivity (Wildman–Crippen MR) is 72.2 cm³/mol. The molecule has 1 rings (SSSR count). The van der Waals surface area contributed by atoms with Gasteiger partial charge in [-0.15, -0.1) is 0 Å². The van der Waals surface area contributed by atoms with Crippen LogP contribution in [-0.2, 0) is 4.74 Å². The number of nitrogens with zero attached hydrogens (tertiary/aromatic N) is 1. The van der Waals surface area contributed by atoms with Crippen LogP contribution in [0.2, 0.25) is 0 Å². The van der Waals surface area contributed by atoms with Gasteiger partial charge >= 0.3 is 0 Å². The Bertz CT molecular complexity index is 302. The van der Waals surface area contributed by atoms with Crippen molar-refractivity contribution in [3.8, 4) is 0 Å². The Labute approximate surface area is 105 Å². The van der Waals surface area contributed by atoms with Crippen LogP contribution in [-0.4, -0.2) is 45.3 Å². The van der Waals surface area contributed by atoms with Gasteiger partial charge in [0.1, 0.15) is 0 Å². The van der Waals surface area contributed by atoms with Crippen molar-refractivity contribution in [1.82, 2.24) is 10.2 Å². The van der Waals surface area contributed by atoms with Gasteiger partial charge in [0, 0.05) is 25.7 Å². The van der Waals surface area contributed by atoms with Crippen molar-refractivity contribution in [2.75, 3.05) is 34.4 Å². The molecular weight excluding hydrogens is 212 g/mol. The van der Waals surface area contributed by atoms with Gasteiger partial charge in [0.2, 0.25) is 0 Å². The second-order valence-corrected chi connectivity index (χ2v) is 4.50. The highest BCUT2D eigenvalue weighted by Gasteiger charge is 2.15. The zero-order valence-corrected chi connectivity index (χ0v) is 11.3. The molecule has 0 aliphatic carbocycles. The molecule has 0 aliphatic heterocycles. The zero-order valence-electron chi connectivity index (χ0n) is 11.3. The van der Waals surface area contributed by atoms with Crippen molar-refractivity contribution < 1.29 is 4.74 Å². The Hall–Kier alpha value is -0.900. The van der Waals surface area contributed by atoms with Crippen molar-refractivity contribution >= 4 is 0 Å². The van der Waals surface area contributed by atoms with E-state index in [0.717, 1.165) is 13.2 Å². The smallest absolute Gasteiger partial charge is 0.0615 e. The Balaban J connectivity index is 2.58. The highest BCUT2D eigenvalue weighted by molar-refractivity contribution is 5.19. The van der Waals surface area contributed by atoms with Gasteiger partial charge in [-0.1, -0.05) is 30.3 Å². The Morgan fingerprint density at radius 3 is 2.47 bits per heavy atom. The third-order valence-electron chi connectivity index (χ3n) is 3.18. The summed E-state index contributed by atoms with van der Waals surface area (Å²) in [5.41, 5.74) is 1.33. The van der Waals surface area contributed by atoms with Crippen LogP contribution < -0.4 is 5.32 Å². The summed E-state index contributed by atoms with van der Waals surface area (Å²) in [5.74, 6) is 0. The summed E-state index contributed by atoms with van der Waals surface area (Å²) in [5, 5.41) is 3.36. The van der Waals surface area contributed by atoms with E-state index in [4.69, 9.17) is 4.74 Å². The highest BCUT2D eigenvalue weighted by Crippen LogP contribution is 2.14. The van der Waals surface area contributed by atoms with Gasteiger partial charge in [0.05, 0.1) is 6.61 Å². The standard InChI is InChI=1S/C14H24N2O/c1-12(11-17-4)16(3)10-14(15-2)13-8-6-5-7-9-13/h5-9,12,14-15H,10-11H2,1-4H3. The van der Waals surface area contributed by atoms with Crippen LogP contribution in [0.25, 0.3) is 0 Å². The second kappa shape index (κ2) is 7.43. The summed E-state index contributed by atoms with van der Waals surface area (Å²) in [6.07, 6.45) is 0. The average Bonchev–Trinajstić information content (AvgIpc) is 2.37. The molecule has 0 aliphatic rings. The summed E-state index contributed by atoms with van der Waals surface area (Å²) < 4.78 is 5.18. The molecule has 0 spiro atoms. The third-order valence-corrected chi connectivity index (χ3v) is 3.18. The Morgan fingerprint density at radius 2 is 1.94 bits per heavy atom. The summed E-state index contributed by atoms with van der Waals surface area (Å²) in [7, 11) is 5.89. The van der Waals surface area contributed by atoms with Gasteiger partial charge in [-0.25, -0.2) is 0 Å². The molecule has 17 heavy (non-hydrogen) atoms. The summed E-state index contributed by atoms with van der Waals surface area (Å²) >= 11 is 0. The molecule has 0 bridgehead atoms. The van der Waals surface area contributed by atoms with Crippen LogP contribution in [0.15, 0.2) is 30.3 Å². The van der Waals surface area contributed by atoms with Crippen molar-refractivity contribution in [3.63, 3.8) is 0 Å². The molecule has 0 aromatic heterocycles. The monoisotopic (exact) mass is 236 g/mol. The quantitative estimate of drug-likeness (QED) is 0.782. The van der Waals surface area contributed by atoms with Gasteiger partial charge in [-0.3, -0.25) is 4.90 Å². The molecule has 0 radical (unpaired) electrons. The minimum Gasteiger partial charge on any atom is -0.383 e. The van der Waals surface area contributed by atoms with Crippen molar-refractivity contribution in [3.05, 3.63) is 35.9 Å². The molecule has 0 saturated carbocycles. The first kappa shape index (κ1) is 14.2. The first-order valence-electron chi connectivity index (χ1n) is 6.10. The number of rotatable bonds is 7. The van der Waals surface area contributed by atoms with E-state index in [2.05, 4.69) is 48.5 Å². The lowest BCUT2D eigenvalue weighted by Gasteiger charge is -2.28. The molecule has 1 aromatic rings. The van der Waals surface area contributed by atoms with Crippen LogP contribution in [0.5, 0.6) is 0 Å². The lowest BCUT2D eigenvalue weighted by atomic mass is 10.1. The number of nitrogens with one attached hydrogen (secondary N) is 1. The van der Waals surface area contributed by atoms with Gasteiger partial charge in [-0.2, -0.15) is 0 Å². The van der Waals surface area contributed by atoms with Gasteiger partial charge < -0.3 is 10.1 Å². The van der Waals surface area contributed by atoms with Crippen molar-refractivity contribution in [2.24, 2.45) is 0 Å². The number of hydrogen-bond acceptors (Lipinski definition) is 3. The molecule has 0 amide bonds. The van der Waals surface area contributed by atoms with Crippen LogP contribution in [0.4, 0.5) is 0 Å². The van der Waals surface area contributed by atoms with E-state index < -0.39 is 0 Å². The lowest BCUT2D eigenvalue weighted by Crippen LogP contribution is -2.38. The first-order valence-corrected chi connectivity index (χ1v) is 6.10. The number of hydrogen-bond donors (Lipinski definition) is 1. The van der Waals surface area contributed by atoms with Crippen LogP contribution in [0.3, 0.4) is 0 Å². The molecule has 3 heteroatoms. The second-order valence-electron chi connectivity index (χ2n) is 4.50. The van der Waals surface area contributed by atoms with E-state index in [-0.39, 0.29) is 0 Å². The van der Waals surface area contributed by atoms with Crippen LogP contribution >= 0.6 is 0 Å². The summed E-state index contributed by atoms with van der Waals surface area (Å²) in [4.78, 5) is 2.32. The molecule has 2 unspecified atom stereocenters. The predicted octanol–water partition coefficient (Wildman–Crippen LogP) is 1.91. The number of ether oxygens (including phenoxy) is 1. The number of likely N-dealkylation sites (N-methyl/N-ethyl adjacent to an activating group) is 2. The largest absolute Gasteiger partial charge is 0.383 e. The number of benzene rings is 1. The van der Waals surface area contributed by atoms with Crippen LogP contribution in [0, 0.1) is 0 Å². The molecule has 0 saturated heterocycles. The normalized spacial score (nSPS) is 14.9. The summed E-state index contributed by atoms with van der Waals surface area (Å²) in [6.45, 7) is 3.92. The maximum atomic E-state index is 5.18. The maximum absolute atomic E-state index is 5.18. The van der Waals surface area contributed by atoms with E-state index in [9.17, 15) is 0 Å². The molecule has 2 atom stereocenters. The first-order chi connectivity index (χ1) is 8.19. The van der Waals surface area contributed by atoms with Crippen molar-refractivity contribution in [1.29, 1.82) is 0 Å². The van der Waals surface area contributed by atoms with E-state index in [1.807, 2.05) is 13.1 Å². The van der Waals surface area contributed by atoms with E-state index in [1.165, 1.54) is 5.56 Å². The number of methoxy groups -OCH3 is 1. The SMILES string of the molecule is CNC(CN(C)C(C)COC)c1ccccc1. The minimum absolute atomic E-state index is 0.362. The van der Waals surface area contributed by atoms with Gasteiger partial charge in [0.25, 0.3) is 0 Å².